The van der Waals surface area contributed by atoms with Crippen molar-refractivity contribution in [3.05, 3.63) is 93.7 Å². The van der Waals surface area contributed by atoms with Crippen molar-refractivity contribution in [3.8, 4) is 0 Å². The fraction of sp³-hybridized carbons (Fsp3) is 0.375. The van der Waals surface area contributed by atoms with Crippen LogP contribution in [0.2, 0.25) is 10.0 Å². The minimum Gasteiger partial charge on any atom is -0.352 e. The van der Waals surface area contributed by atoms with E-state index in [1.165, 1.54) is 29.2 Å². The molecule has 3 aromatic carbocycles. The third kappa shape index (κ3) is 8.28. The number of amides is 2. The van der Waals surface area contributed by atoms with Crippen molar-refractivity contribution in [2.45, 2.75) is 75.9 Å². The van der Waals surface area contributed by atoms with E-state index in [0.29, 0.717) is 22.0 Å². The normalized spacial score (nSPS) is 14.6. The van der Waals surface area contributed by atoms with Gasteiger partial charge in [-0.15, -0.1) is 0 Å². The van der Waals surface area contributed by atoms with Crippen LogP contribution in [-0.4, -0.2) is 43.8 Å². The molecule has 43 heavy (non-hydrogen) atoms. The van der Waals surface area contributed by atoms with Gasteiger partial charge < -0.3 is 10.2 Å². The Bertz CT molecular complexity index is 1530. The molecule has 0 aliphatic heterocycles. The van der Waals surface area contributed by atoms with Gasteiger partial charge in [0.2, 0.25) is 11.8 Å². The number of anilines is 1. The number of carbonyl (C=O) groups is 2. The topological polar surface area (TPSA) is 86.8 Å². The highest BCUT2D eigenvalue weighted by molar-refractivity contribution is 7.92. The molecule has 1 aliphatic rings. The second kappa shape index (κ2) is 14.6. The number of hydrogen-bond donors (Lipinski definition) is 1. The molecule has 11 heteroatoms. The van der Waals surface area contributed by atoms with Gasteiger partial charge in [-0.2, -0.15) is 0 Å². The van der Waals surface area contributed by atoms with Crippen molar-refractivity contribution >= 4 is 50.7 Å². The largest absolute Gasteiger partial charge is 0.352 e. The summed E-state index contributed by atoms with van der Waals surface area (Å²) in [7, 11) is -4.25. The summed E-state index contributed by atoms with van der Waals surface area (Å²) >= 11 is 12.4. The van der Waals surface area contributed by atoms with Crippen molar-refractivity contribution in [3.63, 3.8) is 0 Å². The summed E-state index contributed by atoms with van der Waals surface area (Å²) in [5.74, 6) is -1.44. The summed E-state index contributed by atoms with van der Waals surface area (Å²) < 4.78 is 42.6. The van der Waals surface area contributed by atoms with E-state index in [9.17, 15) is 22.4 Å². The molecule has 0 unspecified atom stereocenters. The average Bonchev–Trinajstić information content (AvgIpc) is 2.98. The summed E-state index contributed by atoms with van der Waals surface area (Å²) in [6, 6.07) is 15.2. The Morgan fingerprint density at radius 1 is 0.953 bits per heavy atom. The van der Waals surface area contributed by atoms with Crippen LogP contribution < -0.4 is 9.62 Å². The third-order valence-corrected chi connectivity index (χ3v) is 10.2. The molecule has 230 valence electrons. The number of sulfonamides is 1. The highest BCUT2D eigenvalue weighted by atomic mass is 35.5. The summed E-state index contributed by atoms with van der Waals surface area (Å²) in [4.78, 5) is 29.2. The van der Waals surface area contributed by atoms with E-state index in [1.807, 2.05) is 6.92 Å². The Balaban J connectivity index is 1.71. The molecule has 1 N–H and O–H groups in total. The standard InChI is InChI=1S/C32H36Cl2FN3O4S/c1-3-30(32(40)36-25-7-5-4-6-8-25)37(20-23-11-18-28(33)29(34)19-23)31(39)21-38(26-14-12-24(35)13-15-26)43(41,42)27-16-9-22(2)10-17-27/h9-19,25,30H,3-8,20-21H2,1-2H3,(H,36,40)/t30-/m1/s1. The lowest BCUT2D eigenvalue weighted by Crippen LogP contribution is -2.54. The third-order valence-electron chi connectivity index (χ3n) is 7.68. The predicted octanol–water partition coefficient (Wildman–Crippen LogP) is 6.89. The van der Waals surface area contributed by atoms with Crippen LogP contribution in [-0.2, 0) is 26.2 Å². The first-order chi connectivity index (χ1) is 20.5. The second-order valence-corrected chi connectivity index (χ2v) is 13.5. The van der Waals surface area contributed by atoms with E-state index in [-0.39, 0.29) is 29.1 Å². The van der Waals surface area contributed by atoms with Crippen LogP contribution in [0.5, 0.6) is 0 Å². The van der Waals surface area contributed by atoms with Crippen LogP contribution in [0.4, 0.5) is 10.1 Å². The van der Waals surface area contributed by atoms with Crippen LogP contribution in [0.25, 0.3) is 0 Å². The van der Waals surface area contributed by atoms with Crippen molar-refractivity contribution in [2.24, 2.45) is 0 Å². The lowest BCUT2D eigenvalue weighted by atomic mass is 9.95. The van der Waals surface area contributed by atoms with Gasteiger partial charge >= 0.3 is 0 Å². The Morgan fingerprint density at radius 3 is 2.21 bits per heavy atom. The summed E-state index contributed by atoms with van der Waals surface area (Å²) in [6.45, 7) is 3.02. The molecular formula is C32H36Cl2FN3O4S. The maximum Gasteiger partial charge on any atom is 0.264 e. The number of carbonyl (C=O) groups excluding carboxylic acids is 2. The minimum absolute atomic E-state index is 0.00580. The van der Waals surface area contributed by atoms with Crippen LogP contribution in [0.3, 0.4) is 0 Å². The zero-order valence-electron chi connectivity index (χ0n) is 24.2. The van der Waals surface area contributed by atoms with Crippen LogP contribution in [0.15, 0.2) is 71.6 Å². The molecule has 1 atom stereocenters. The van der Waals surface area contributed by atoms with Crippen molar-refractivity contribution in [2.75, 3.05) is 10.8 Å². The lowest BCUT2D eigenvalue weighted by Gasteiger charge is -2.34. The second-order valence-electron chi connectivity index (χ2n) is 10.8. The van der Waals surface area contributed by atoms with Gasteiger partial charge in [0.1, 0.15) is 18.4 Å². The van der Waals surface area contributed by atoms with E-state index < -0.39 is 34.3 Å². The van der Waals surface area contributed by atoms with Gasteiger partial charge in [0.05, 0.1) is 20.6 Å². The van der Waals surface area contributed by atoms with E-state index in [2.05, 4.69) is 5.32 Å². The molecule has 1 fully saturated rings. The molecule has 3 aromatic rings. The summed E-state index contributed by atoms with van der Waals surface area (Å²) in [5, 5.41) is 3.75. The predicted molar refractivity (Wildman–Crippen MR) is 168 cm³/mol. The van der Waals surface area contributed by atoms with Crippen LogP contribution in [0.1, 0.15) is 56.6 Å². The number of aryl methyl sites for hydroxylation is 1. The molecule has 1 aliphatic carbocycles. The molecule has 0 heterocycles. The monoisotopic (exact) mass is 647 g/mol. The maximum absolute atomic E-state index is 14.2. The van der Waals surface area contributed by atoms with E-state index in [4.69, 9.17) is 23.2 Å². The van der Waals surface area contributed by atoms with Gasteiger partial charge in [-0.1, -0.05) is 73.2 Å². The Hall–Kier alpha value is -3.14. The molecular weight excluding hydrogens is 612 g/mol. The highest BCUT2D eigenvalue weighted by Gasteiger charge is 2.34. The lowest BCUT2D eigenvalue weighted by molar-refractivity contribution is -0.140. The van der Waals surface area contributed by atoms with Gasteiger partial charge in [-0.05, 0) is 80.3 Å². The number of rotatable bonds is 11. The first kappa shape index (κ1) is 32.8. The maximum atomic E-state index is 14.2. The molecule has 0 radical (unpaired) electrons. The SMILES string of the molecule is CC[C@H](C(=O)NC1CCCCC1)N(Cc1ccc(Cl)c(Cl)c1)C(=O)CN(c1ccc(F)cc1)S(=O)(=O)c1ccc(C)cc1. The quantitative estimate of drug-likeness (QED) is 0.245. The Labute approximate surface area is 263 Å². The fourth-order valence-corrected chi connectivity index (χ4v) is 7.01. The van der Waals surface area contributed by atoms with Crippen LogP contribution >= 0.6 is 23.2 Å². The Morgan fingerprint density at radius 2 is 1.60 bits per heavy atom. The first-order valence-corrected chi connectivity index (χ1v) is 16.6. The molecule has 0 spiro atoms. The highest BCUT2D eigenvalue weighted by Crippen LogP contribution is 2.27. The zero-order chi connectivity index (χ0) is 31.1. The average molecular weight is 649 g/mol. The molecule has 4 rings (SSSR count). The molecule has 1 saturated carbocycles. The number of nitrogens with one attached hydrogen (secondary N) is 1. The van der Waals surface area contributed by atoms with E-state index >= 15 is 0 Å². The van der Waals surface area contributed by atoms with E-state index in [1.54, 1.807) is 37.3 Å². The number of hydrogen-bond acceptors (Lipinski definition) is 4. The number of halogens is 3. The molecule has 2 amide bonds. The van der Waals surface area contributed by atoms with Gasteiger partial charge in [0.25, 0.3) is 10.0 Å². The summed E-state index contributed by atoms with van der Waals surface area (Å²) in [5.41, 5.74) is 1.61. The molecule has 0 saturated heterocycles. The molecule has 0 bridgehead atoms. The van der Waals surface area contributed by atoms with Gasteiger partial charge in [0, 0.05) is 12.6 Å². The van der Waals surface area contributed by atoms with Crippen LogP contribution in [0, 0.1) is 12.7 Å². The molecule has 7 nitrogen and oxygen atoms in total. The Kier molecular flexibility index (Phi) is 11.1. The number of nitrogens with zero attached hydrogens (tertiary/aromatic N) is 2. The minimum atomic E-state index is -4.25. The molecule has 0 aromatic heterocycles. The zero-order valence-corrected chi connectivity index (χ0v) is 26.6. The van der Waals surface area contributed by atoms with Gasteiger partial charge in [0.15, 0.2) is 0 Å². The summed E-state index contributed by atoms with van der Waals surface area (Å²) in [6.07, 6.45) is 5.22. The number of benzene rings is 3. The smallest absolute Gasteiger partial charge is 0.264 e. The van der Waals surface area contributed by atoms with Gasteiger partial charge in [-0.25, -0.2) is 12.8 Å². The van der Waals surface area contributed by atoms with Crippen molar-refractivity contribution in [1.82, 2.24) is 10.2 Å². The van der Waals surface area contributed by atoms with E-state index in [0.717, 1.165) is 54.1 Å². The van der Waals surface area contributed by atoms with Crippen molar-refractivity contribution < 1.29 is 22.4 Å². The van der Waals surface area contributed by atoms with Crippen molar-refractivity contribution in [1.29, 1.82) is 0 Å². The first-order valence-electron chi connectivity index (χ1n) is 14.4. The fourth-order valence-electron chi connectivity index (χ4n) is 5.27. The van der Waals surface area contributed by atoms with Gasteiger partial charge in [-0.3, -0.25) is 13.9 Å².